The molecule has 0 fully saturated rings. The number of carbonyl (C=O) groups is 1. The summed E-state index contributed by atoms with van der Waals surface area (Å²) in [5.74, 6) is 0. The standard InChI is InChI=1S/C10H15N3O2S/c1-6(2)15-10(14)13-9-12-7-3-4-11-5-8(7)16-9/h6,11H,3-5H2,1-2H3,(H,12,13,14). The first-order valence-electron chi connectivity index (χ1n) is 5.32. The molecular weight excluding hydrogens is 226 g/mol. The Kier molecular flexibility index (Phi) is 3.40. The Morgan fingerprint density at radius 1 is 1.62 bits per heavy atom. The lowest BCUT2D eigenvalue weighted by Gasteiger charge is -2.09. The minimum Gasteiger partial charge on any atom is -0.447 e. The molecule has 2 heterocycles. The molecule has 1 amide bonds. The van der Waals surface area contributed by atoms with Crippen molar-refractivity contribution in [3.63, 3.8) is 0 Å². The van der Waals surface area contributed by atoms with Gasteiger partial charge in [0.05, 0.1) is 11.8 Å². The molecule has 5 nitrogen and oxygen atoms in total. The number of ether oxygens (including phenoxy) is 1. The Bertz CT molecular complexity index is 366. The molecule has 2 rings (SSSR count). The first-order chi connectivity index (χ1) is 7.65. The minimum atomic E-state index is -0.436. The highest BCUT2D eigenvalue weighted by molar-refractivity contribution is 7.15. The number of anilines is 1. The molecular formula is C10H15N3O2S. The van der Waals surface area contributed by atoms with Gasteiger partial charge in [0.1, 0.15) is 0 Å². The first-order valence-corrected chi connectivity index (χ1v) is 6.13. The summed E-state index contributed by atoms with van der Waals surface area (Å²) in [7, 11) is 0. The van der Waals surface area contributed by atoms with E-state index in [2.05, 4.69) is 15.6 Å². The molecule has 88 valence electrons. The summed E-state index contributed by atoms with van der Waals surface area (Å²) < 4.78 is 4.99. The van der Waals surface area contributed by atoms with E-state index in [0.717, 1.165) is 25.2 Å². The Labute approximate surface area is 98.2 Å². The summed E-state index contributed by atoms with van der Waals surface area (Å²) in [6.07, 6.45) is 0.373. The lowest BCUT2D eigenvalue weighted by Crippen LogP contribution is -2.22. The highest BCUT2D eigenvalue weighted by Gasteiger charge is 2.16. The second-order valence-corrected chi connectivity index (χ2v) is 4.98. The van der Waals surface area contributed by atoms with Crippen LogP contribution in [-0.4, -0.2) is 23.7 Å². The topological polar surface area (TPSA) is 63.2 Å². The van der Waals surface area contributed by atoms with Crippen LogP contribution in [0, 0.1) is 0 Å². The molecule has 0 saturated heterocycles. The van der Waals surface area contributed by atoms with Crippen molar-refractivity contribution >= 4 is 22.6 Å². The molecule has 2 N–H and O–H groups in total. The Balaban J connectivity index is 1.99. The van der Waals surface area contributed by atoms with Gasteiger partial charge in [-0.15, -0.1) is 0 Å². The van der Waals surface area contributed by atoms with Crippen molar-refractivity contribution < 1.29 is 9.53 Å². The summed E-state index contributed by atoms with van der Waals surface area (Å²) in [4.78, 5) is 16.9. The second-order valence-electron chi connectivity index (χ2n) is 3.89. The summed E-state index contributed by atoms with van der Waals surface area (Å²) >= 11 is 1.51. The number of thiazole rings is 1. The van der Waals surface area contributed by atoms with E-state index >= 15 is 0 Å². The largest absolute Gasteiger partial charge is 0.447 e. The molecule has 16 heavy (non-hydrogen) atoms. The van der Waals surface area contributed by atoms with E-state index in [1.807, 2.05) is 13.8 Å². The molecule has 0 aromatic carbocycles. The smallest absolute Gasteiger partial charge is 0.413 e. The fourth-order valence-electron chi connectivity index (χ4n) is 1.51. The average molecular weight is 241 g/mol. The molecule has 0 aliphatic carbocycles. The van der Waals surface area contributed by atoms with Gasteiger partial charge in [0.25, 0.3) is 0 Å². The van der Waals surface area contributed by atoms with Gasteiger partial charge in [0.2, 0.25) is 0 Å². The van der Waals surface area contributed by atoms with Crippen LogP contribution in [0.5, 0.6) is 0 Å². The third-order valence-corrected chi connectivity index (χ3v) is 3.17. The third-order valence-electron chi connectivity index (χ3n) is 2.15. The molecule has 0 atom stereocenters. The van der Waals surface area contributed by atoms with Crippen LogP contribution >= 0.6 is 11.3 Å². The van der Waals surface area contributed by atoms with Gasteiger partial charge in [-0.1, -0.05) is 11.3 Å². The van der Waals surface area contributed by atoms with Crippen LogP contribution in [0.15, 0.2) is 0 Å². The van der Waals surface area contributed by atoms with Crippen molar-refractivity contribution in [1.82, 2.24) is 10.3 Å². The van der Waals surface area contributed by atoms with Crippen molar-refractivity contribution in [2.45, 2.75) is 32.9 Å². The van der Waals surface area contributed by atoms with Crippen LogP contribution in [0.4, 0.5) is 9.93 Å². The molecule has 1 aliphatic heterocycles. The number of fused-ring (bicyclic) bond motifs is 1. The van der Waals surface area contributed by atoms with Gasteiger partial charge in [0, 0.05) is 24.4 Å². The van der Waals surface area contributed by atoms with Crippen molar-refractivity contribution in [3.8, 4) is 0 Å². The van der Waals surface area contributed by atoms with E-state index in [9.17, 15) is 4.79 Å². The van der Waals surface area contributed by atoms with Gasteiger partial charge in [-0.2, -0.15) is 0 Å². The number of nitrogens with one attached hydrogen (secondary N) is 2. The predicted molar refractivity (Wildman–Crippen MR) is 62.8 cm³/mol. The fourth-order valence-corrected chi connectivity index (χ4v) is 2.47. The zero-order valence-corrected chi connectivity index (χ0v) is 10.2. The highest BCUT2D eigenvalue weighted by Crippen LogP contribution is 2.25. The number of hydrogen-bond donors (Lipinski definition) is 2. The van der Waals surface area contributed by atoms with Gasteiger partial charge < -0.3 is 10.1 Å². The summed E-state index contributed by atoms with van der Waals surface area (Å²) in [6.45, 7) is 5.42. The lowest BCUT2D eigenvalue weighted by molar-refractivity contribution is 0.130. The first kappa shape index (κ1) is 11.3. The zero-order valence-electron chi connectivity index (χ0n) is 9.37. The SMILES string of the molecule is CC(C)OC(=O)Nc1nc2c(s1)CNCC2. The monoisotopic (exact) mass is 241 g/mol. The molecule has 1 aliphatic rings. The second kappa shape index (κ2) is 4.80. The van der Waals surface area contributed by atoms with Crippen LogP contribution < -0.4 is 10.6 Å². The number of carbonyl (C=O) groups excluding carboxylic acids is 1. The van der Waals surface area contributed by atoms with Crippen molar-refractivity contribution in [2.75, 3.05) is 11.9 Å². The molecule has 6 heteroatoms. The maximum absolute atomic E-state index is 11.4. The van der Waals surface area contributed by atoms with E-state index in [0.29, 0.717) is 5.13 Å². The fraction of sp³-hybridized carbons (Fsp3) is 0.600. The minimum absolute atomic E-state index is 0.115. The summed E-state index contributed by atoms with van der Waals surface area (Å²) in [5.41, 5.74) is 1.09. The molecule has 1 aromatic rings. The van der Waals surface area contributed by atoms with Crippen LogP contribution in [0.2, 0.25) is 0 Å². The maximum Gasteiger partial charge on any atom is 0.413 e. The van der Waals surface area contributed by atoms with Crippen LogP contribution in [0.25, 0.3) is 0 Å². The number of rotatable bonds is 2. The van der Waals surface area contributed by atoms with E-state index in [4.69, 9.17) is 4.74 Å². The van der Waals surface area contributed by atoms with Crippen molar-refractivity contribution in [1.29, 1.82) is 0 Å². The Hall–Kier alpha value is -1.14. The summed E-state index contributed by atoms with van der Waals surface area (Å²) in [5, 5.41) is 6.54. The maximum atomic E-state index is 11.4. The van der Waals surface area contributed by atoms with Gasteiger partial charge in [-0.05, 0) is 13.8 Å². The number of amides is 1. The molecule has 0 bridgehead atoms. The average Bonchev–Trinajstić information content (AvgIpc) is 2.57. The quantitative estimate of drug-likeness (QED) is 0.828. The van der Waals surface area contributed by atoms with Gasteiger partial charge >= 0.3 is 6.09 Å². The van der Waals surface area contributed by atoms with Gasteiger partial charge in [-0.3, -0.25) is 5.32 Å². The van der Waals surface area contributed by atoms with Crippen molar-refractivity contribution in [3.05, 3.63) is 10.6 Å². The summed E-state index contributed by atoms with van der Waals surface area (Å²) in [6, 6.07) is 0. The molecule has 1 aromatic heterocycles. The van der Waals surface area contributed by atoms with Crippen LogP contribution in [0.1, 0.15) is 24.4 Å². The van der Waals surface area contributed by atoms with Crippen molar-refractivity contribution in [2.24, 2.45) is 0 Å². The highest BCUT2D eigenvalue weighted by atomic mass is 32.1. The molecule has 0 radical (unpaired) electrons. The van der Waals surface area contributed by atoms with Crippen LogP contribution in [-0.2, 0) is 17.7 Å². The third kappa shape index (κ3) is 2.70. The Morgan fingerprint density at radius 2 is 2.44 bits per heavy atom. The Morgan fingerprint density at radius 3 is 3.12 bits per heavy atom. The van der Waals surface area contributed by atoms with E-state index in [1.54, 1.807) is 0 Å². The number of hydrogen-bond acceptors (Lipinski definition) is 5. The normalized spacial score (nSPS) is 14.7. The van der Waals surface area contributed by atoms with E-state index in [-0.39, 0.29) is 6.10 Å². The van der Waals surface area contributed by atoms with E-state index in [1.165, 1.54) is 16.2 Å². The van der Waals surface area contributed by atoms with Gasteiger partial charge in [0.15, 0.2) is 5.13 Å². The predicted octanol–water partition coefficient (Wildman–Crippen LogP) is 1.75. The number of nitrogens with zero attached hydrogens (tertiary/aromatic N) is 1. The molecule has 0 spiro atoms. The molecule has 0 saturated carbocycles. The lowest BCUT2D eigenvalue weighted by atomic mass is 10.2. The number of aromatic nitrogens is 1. The molecule has 0 unspecified atom stereocenters. The van der Waals surface area contributed by atoms with Crippen LogP contribution in [0.3, 0.4) is 0 Å². The zero-order chi connectivity index (χ0) is 11.5. The van der Waals surface area contributed by atoms with E-state index < -0.39 is 6.09 Å². The van der Waals surface area contributed by atoms with Gasteiger partial charge in [-0.25, -0.2) is 9.78 Å².